The number of rotatable bonds is 7. The van der Waals surface area contributed by atoms with Crippen molar-refractivity contribution in [1.82, 2.24) is 15.2 Å². The zero-order valence-corrected chi connectivity index (χ0v) is 16.0. The van der Waals surface area contributed by atoms with Crippen LogP contribution in [-0.4, -0.2) is 15.2 Å². The largest absolute Gasteiger partial charge is 0.457 e. The minimum Gasteiger partial charge on any atom is -0.457 e. The van der Waals surface area contributed by atoms with E-state index < -0.39 is 0 Å². The van der Waals surface area contributed by atoms with E-state index in [4.69, 9.17) is 4.74 Å². The first-order valence-corrected chi connectivity index (χ1v) is 9.44. The zero-order valence-electron chi connectivity index (χ0n) is 16.0. The van der Waals surface area contributed by atoms with Crippen molar-refractivity contribution in [2.75, 3.05) is 10.6 Å². The lowest BCUT2D eigenvalue weighted by Gasteiger charge is -2.09. The zero-order chi connectivity index (χ0) is 19.9. The summed E-state index contributed by atoms with van der Waals surface area (Å²) in [5.74, 6) is 2.59. The van der Waals surface area contributed by atoms with Gasteiger partial charge in [-0.1, -0.05) is 37.3 Å². The van der Waals surface area contributed by atoms with Gasteiger partial charge in [-0.2, -0.15) is 10.1 Å². The lowest BCUT2D eigenvalue weighted by atomic mass is 10.1. The van der Waals surface area contributed by atoms with Crippen LogP contribution < -0.4 is 15.4 Å². The lowest BCUT2D eigenvalue weighted by molar-refractivity contribution is 0.483. The predicted octanol–water partition coefficient (Wildman–Crippen LogP) is 5.71. The minimum absolute atomic E-state index is 0.414. The Morgan fingerprint density at radius 1 is 0.759 bits per heavy atom. The van der Waals surface area contributed by atoms with Gasteiger partial charge < -0.3 is 15.4 Å². The Balaban J connectivity index is 1.40. The van der Waals surface area contributed by atoms with Gasteiger partial charge in [0, 0.05) is 11.4 Å². The maximum atomic E-state index is 5.80. The molecule has 0 radical (unpaired) electrons. The molecule has 0 fully saturated rings. The Labute approximate surface area is 169 Å². The molecule has 0 aliphatic heterocycles. The normalized spacial score (nSPS) is 10.4. The van der Waals surface area contributed by atoms with Crippen LogP contribution in [0.4, 0.5) is 23.1 Å². The highest BCUT2D eigenvalue weighted by Gasteiger charge is 2.03. The van der Waals surface area contributed by atoms with Crippen molar-refractivity contribution in [1.29, 1.82) is 0 Å². The first-order chi connectivity index (χ1) is 14.3. The van der Waals surface area contributed by atoms with Crippen LogP contribution in [0.5, 0.6) is 11.5 Å². The van der Waals surface area contributed by atoms with Gasteiger partial charge in [-0.15, -0.1) is 5.10 Å². The second kappa shape index (κ2) is 8.84. The topological polar surface area (TPSA) is 72.0 Å². The molecule has 0 saturated carbocycles. The second-order valence-electron chi connectivity index (χ2n) is 6.41. The minimum atomic E-state index is 0.414. The van der Waals surface area contributed by atoms with Crippen molar-refractivity contribution in [2.24, 2.45) is 0 Å². The third kappa shape index (κ3) is 5.07. The highest BCUT2D eigenvalue weighted by atomic mass is 16.5. The number of hydrogen-bond donors (Lipinski definition) is 2. The summed E-state index contributed by atoms with van der Waals surface area (Å²) in [6, 6.07) is 25.5. The smallest absolute Gasteiger partial charge is 0.249 e. The number of anilines is 4. The van der Waals surface area contributed by atoms with Gasteiger partial charge in [0.2, 0.25) is 5.95 Å². The van der Waals surface area contributed by atoms with Crippen molar-refractivity contribution < 1.29 is 4.74 Å². The summed E-state index contributed by atoms with van der Waals surface area (Å²) < 4.78 is 5.80. The number of nitrogens with zero attached hydrogens (tertiary/aromatic N) is 3. The quantitative estimate of drug-likeness (QED) is 0.426. The molecule has 2 N–H and O–H groups in total. The van der Waals surface area contributed by atoms with E-state index in [2.05, 4.69) is 44.9 Å². The summed E-state index contributed by atoms with van der Waals surface area (Å²) in [7, 11) is 0. The van der Waals surface area contributed by atoms with Crippen LogP contribution in [0.25, 0.3) is 0 Å². The highest BCUT2D eigenvalue weighted by Crippen LogP contribution is 2.24. The molecule has 0 saturated heterocycles. The molecule has 4 rings (SSSR count). The van der Waals surface area contributed by atoms with Gasteiger partial charge in [-0.25, -0.2) is 0 Å². The summed E-state index contributed by atoms with van der Waals surface area (Å²) in [6.07, 6.45) is 2.61. The van der Waals surface area contributed by atoms with Crippen LogP contribution in [0.1, 0.15) is 12.5 Å². The van der Waals surface area contributed by atoms with Crippen LogP contribution in [0.3, 0.4) is 0 Å². The first kappa shape index (κ1) is 18.4. The SMILES string of the molecule is CCc1ccc(Nc2cnnc(Nc3ccc(Oc4ccccc4)cc3)n2)cc1. The molecule has 1 heterocycles. The van der Waals surface area contributed by atoms with E-state index in [1.54, 1.807) is 6.20 Å². The Bertz CT molecular complexity index is 1050. The van der Waals surface area contributed by atoms with E-state index in [9.17, 15) is 0 Å². The van der Waals surface area contributed by atoms with E-state index in [0.717, 1.165) is 29.3 Å². The molecule has 6 heteroatoms. The van der Waals surface area contributed by atoms with Gasteiger partial charge in [0.1, 0.15) is 11.5 Å². The van der Waals surface area contributed by atoms with Crippen molar-refractivity contribution in [2.45, 2.75) is 13.3 Å². The molecule has 0 amide bonds. The number of benzene rings is 3. The predicted molar refractivity (Wildman–Crippen MR) is 115 cm³/mol. The van der Waals surface area contributed by atoms with Crippen LogP contribution in [0, 0.1) is 0 Å². The molecule has 6 nitrogen and oxygen atoms in total. The fourth-order valence-electron chi connectivity index (χ4n) is 2.75. The molecule has 144 valence electrons. The molecular formula is C23H21N5O. The maximum absolute atomic E-state index is 5.80. The summed E-state index contributed by atoms with van der Waals surface area (Å²) >= 11 is 0. The molecule has 4 aromatic rings. The van der Waals surface area contributed by atoms with Gasteiger partial charge in [-0.05, 0) is 60.5 Å². The first-order valence-electron chi connectivity index (χ1n) is 9.44. The standard InChI is InChI=1S/C23H21N5O/c1-2-17-8-10-18(11-9-17)25-22-16-24-28-23(27-22)26-19-12-14-21(15-13-19)29-20-6-4-3-5-7-20/h3-16H,2H2,1H3,(H2,25,26,27,28). The molecule has 1 aromatic heterocycles. The summed E-state index contributed by atoms with van der Waals surface area (Å²) in [5, 5.41) is 14.5. The second-order valence-corrected chi connectivity index (χ2v) is 6.41. The molecular weight excluding hydrogens is 362 g/mol. The van der Waals surface area contributed by atoms with Crippen molar-refractivity contribution in [3.05, 3.63) is 90.6 Å². The van der Waals surface area contributed by atoms with E-state index in [-0.39, 0.29) is 0 Å². The van der Waals surface area contributed by atoms with Crippen molar-refractivity contribution in [3.63, 3.8) is 0 Å². The average Bonchev–Trinajstić information content (AvgIpc) is 2.77. The van der Waals surface area contributed by atoms with Gasteiger partial charge in [0.05, 0.1) is 6.20 Å². The maximum Gasteiger partial charge on any atom is 0.249 e. The Kier molecular flexibility index (Phi) is 5.62. The highest BCUT2D eigenvalue weighted by molar-refractivity contribution is 5.59. The monoisotopic (exact) mass is 383 g/mol. The molecule has 0 unspecified atom stereocenters. The molecule has 0 aliphatic rings. The van der Waals surface area contributed by atoms with E-state index in [1.165, 1.54) is 5.56 Å². The van der Waals surface area contributed by atoms with Crippen LogP contribution >= 0.6 is 0 Å². The summed E-state index contributed by atoms with van der Waals surface area (Å²) in [5.41, 5.74) is 3.09. The number of aryl methyl sites for hydroxylation is 1. The van der Waals surface area contributed by atoms with E-state index in [0.29, 0.717) is 11.8 Å². The Morgan fingerprint density at radius 3 is 2.14 bits per heavy atom. The van der Waals surface area contributed by atoms with Crippen molar-refractivity contribution >= 4 is 23.1 Å². The number of nitrogens with one attached hydrogen (secondary N) is 2. The van der Waals surface area contributed by atoms with Gasteiger partial charge in [-0.3, -0.25) is 0 Å². The number of ether oxygens (including phenoxy) is 1. The molecule has 29 heavy (non-hydrogen) atoms. The fraction of sp³-hybridized carbons (Fsp3) is 0.0870. The molecule has 0 spiro atoms. The molecule has 0 aliphatic carbocycles. The lowest BCUT2D eigenvalue weighted by Crippen LogP contribution is -2.02. The third-order valence-corrected chi connectivity index (χ3v) is 4.28. The van der Waals surface area contributed by atoms with E-state index in [1.807, 2.05) is 66.7 Å². The van der Waals surface area contributed by atoms with Crippen LogP contribution in [0.15, 0.2) is 85.1 Å². The third-order valence-electron chi connectivity index (χ3n) is 4.28. The molecule has 0 atom stereocenters. The molecule has 3 aromatic carbocycles. The van der Waals surface area contributed by atoms with Crippen molar-refractivity contribution in [3.8, 4) is 11.5 Å². The average molecular weight is 383 g/mol. The Morgan fingerprint density at radius 2 is 1.41 bits per heavy atom. The fourth-order valence-corrected chi connectivity index (χ4v) is 2.75. The molecule has 0 bridgehead atoms. The van der Waals surface area contributed by atoms with E-state index >= 15 is 0 Å². The Hall–Kier alpha value is -3.93. The van der Waals surface area contributed by atoms with Crippen LogP contribution in [-0.2, 0) is 6.42 Å². The van der Waals surface area contributed by atoms with Crippen LogP contribution in [0.2, 0.25) is 0 Å². The number of aromatic nitrogens is 3. The van der Waals surface area contributed by atoms with Gasteiger partial charge in [0.15, 0.2) is 5.82 Å². The number of hydrogen-bond acceptors (Lipinski definition) is 6. The number of para-hydroxylation sites is 1. The summed E-state index contributed by atoms with van der Waals surface area (Å²) in [4.78, 5) is 4.47. The van der Waals surface area contributed by atoms with Gasteiger partial charge in [0.25, 0.3) is 0 Å². The van der Waals surface area contributed by atoms with Gasteiger partial charge >= 0.3 is 0 Å². The summed E-state index contributed by atoms with van der Waals surface area (Å²) in [6.45, 7) is 2.13.